The molecule has 0 aromatic heterocycles. The lowest BCUT2D eigenvalue weighted by atomic mass is 9.84. The number of esters is 1. The lowest BCUT2D eigenvalue weighted by Gasteiger charge is -2.16. The van der Waals surface area contributed by atoms with E-state index in [2.05, 4.69) is 0 Å². The van der Waals surface area contributed by atoms with Gasteiger partial charge in [0.25, 0.3) is 0 Å². The van der Waals surface area contributed by atoms with E-state index in [4.69, 9.17) is 14.2 Å². The molecule has 1 heterocycles. The van der Waals surface area contributed by atoms with Crippen molar-refractivity contribution < 1.29 is 34.0 Å². The molecule has 0 radical (unpaired) electrons. The Morgan fingerprint density at radius 1 is 1.07 bits per heavy atom. The van der Waals surface area contributed by atoms with Gasteiger partial charge in [0, 0.05) is 11.5 Å². The van der Waals surface area contributed by atoms with Gasteiger partial charge in [-0.15, -0.1) is 0 Å². The first kappa shape index (κ1) is 18.6. The molecule has 142 valence electrons. The molecule has 7 heteroatoms. The monoisotopic (exact) mass is 372 g/mol. The highest BCUT2D eigenvalue weighted by Gasteiger charge is 2.42. The maximum Gasteiger partial charge on any atom is 0.317 e. The average molecular weight is 372 g/mol. The molecular formula is C20H20O7. The topological polar surface area (TPSA) is 102 Å². The largest absolute Gasteiger partial charge is 0.504 e. The zero-order valence-corrected chi connectivity index (χ0v) is 15.0. The summed E-state index contributed by atoms with van der Waals surface area (Å²) in [5.41, 5.74) is 1.08. The van der Waals surface area contributed by atoms with E-state index in [1.807, 2.05) is 0 Å². The number of aromatic hydroxyl groups is 2. The fraction of sp³-hybridized carbons (Fsp3) is 0.300. The van der Waals surface area contributed by atoms with E-state index in [9.17, 15) is 19.8 Å². The van der Waals surface area contributed by atoms with Crippen molar-refractivity contribution in [3.63, 3.8) is 0 Å². The maximum atomic E-state index is 12.9. The quantitative estimate of drug-likeness (QED) is 0.456. The van der Waals surface area contributed by atoms with E-state index in [0.717, 1.165) is 5.56 Å². The Morgan fingerprint density at radius 2 is 1.70 bits per heavy atom. The van der Waals surface area contributed by atoms with Crippen LogP contribution in [-0.2, 0) is 16.0 Å². The number of ether oxygens (including phenoxy) is 3. The second-order valence-electron chi connectivity index (χ2n) is 6.33. The third-order valence-corrected chi connectivity index (χ3v) is 4.65. The van der Waals surface area contributed by atoms with E-state index < -0.39 is 11.9 Å². The Kier molecular flexibility index (Phi) is 5.21. The van der Waals surface area contributed by atoms with Crippen LogP contribution >= 0.6 is 0 Å². The van der Waals surface area contributed by atoms with Crippen LogP contribution in [0.1, 0.15) is 15.9 Å². The third kappa shape index (κ3) is 3.67. The highest BCUT2D eigenvalue weighted by Crippen LogP contribution is 2.34. The van der Waals surface area contributed by atoms with Gasteiger partial charge in [-0.2, -0.15) is 0 Å². The van der Waals surface area contributed by atoms with Gasteiger partial charge in [0.05, 0.1) is 20.8 Å². The van der Waals surface area contributed by atoms with E-state index in [-0.39, 0.29) is 41.1 Å². The SMILES string of the molecule is COc1cc(C[C@H]2COC(=O)C2C(=O)c2ccc(O)c(OC)c2)ccc1O. The molecule has 0 spiro atoms. The molecular weight excluding hydrogens is 352 g/mol. The molecule has 7 nitrogen and oxygen atoms in total. The zero-order valence-electron chi connectivity index (χ0n) is 15.0. The van der Waals surface area contributed by atoms with Crippen molar-refractivity contribution in [2.75, 3.05) is 20.8 Å². The summed E-state index contributed by atoms with van der Waals surface area (Å²) in [5.74, 6) is -1.83. The standard InChI is InChI=1S/C20H20O7/c1-25-16-8-11(3-5-14(16)21)7-13-10-27-20(24)18(13)19(23)12-4-6-15(22)17(9-12)26-2/h3-6,8-9,13,18,21-22H,7,10H2,1-2H3/t13-,18?/m0/s1. The van der Waals surface area contributed by atoms with Gasteiger partial charge in [0.1, 0.15) is 5.92 Å². The second-order valence-corrected chi connectivity index (χ2v) is 6.33. The number of hydrogen-bond donors (Lipinski definition) is 2. The number of carbonyl (C=O) groups is 2. The number of ketones is 1. The molecule has 2 atom stereocenters. The predicted octanol–water partition coefficient (Wildman–Crippen LogP) is 2.33. The minimum absolute atomic E-state index is 0.0174. The number of carbonyl (C=O) groups excluding carboxylic acids is 2. The van der Waals surface area contributed by atoms with E-state index in [1.54, 1.807) is 12.1 Å². The average Bonchev–Trinajstić information content (AvgIpc) is 3.03. The molecule has 2 aromatic rings. The van der Waals surface area contributed by atoms with Gasteiger partial charge >= 0.3 is 5.97 Å². The van der Waals surface area contributed by atoms with Crippen LogP contribution in [0.3, 0.4) is 0 Å². The maximum absolute atomic E-state index is 12.9. The van der Waals surface area contributed by atoms with Crippen molar-refractivity contribution >= 4 is 11.8 Å². The number of hydrogen-bond acceptors (Lipinski definition) is 7. The molecule has 1 aliphatic rings. The number of cyclic esters (lactones) is 1. The number of phenols is 2. The van der Waals surface area contributed by atoms with Crippen molar-refractivity contribution in [1.29, 1.82) is 0 Å². The fourth-order valence-electron chi connectivity index (χ4n) is 3.23. The Morgan fingerprint density at radius 3 is 2.37 bits per heavy atom. The Balaban J connectivity index is 1.85. The fourth-order valence-corrected chi connectivity index (χ4v) is 3.23. The van der Waals surface area contributed by atoms with Crippen LogP contribution in [0, 0.1) is 11.8 Å². The molecule has 0 aliphatic carbocycles. The van der Waals surface area contributed by atoms with Crippen molar-refractivity contribution in [1.82, 2.24) is 0 Å². The first-order valence-electron chi connectivity index (χ1n) is 8.38. The smallest absolute Gasteiger partial charge is 0.317 e. The minimum atomic E-state index is -0.945. The van der Waals surface area contributed by atoms with Crippen molar-refractivity contribution in [3.8, 4) is 23.0 Å². The molecule has 2 aromatic carbocycles. The summed E-state index contributed by atoms with van der Waals surface area (Å²) >= 11 is 0. The highest BCUT2D eigenvalue weighted by molar-refractivity contribution is 6.09. The summed E-state index contributed by atoms with van der Waals surface area (Å²) in [4.78, 5) is 25.1. The van der Waals surface area contributed by atoms with E-state index >= 15 is 0 Å². The first-order valence-corrected chi connectivity index (χ1v) is 8.38. The molecule has 1 saturated heterocycles. The number of benzene rings is 2. The van der Waals surface area contributed by atoms with E-state index in [0.29, 0.717) is 12.2 Å². The van der Waals surface area contributed by atoms with Gasteiger partial charge in [0.15, 0.2) is 28.8 Å². The molecule has 1 aliphatic heterocycles. The molecule has 0 bridgehead atoms. The minimum Gasteiger partial charge on any atom is -0.504 e. The Bertz CT molecular complexity index is 875. The normalized spacial score (nSPS) is 18.8. The van der Waals surface area contributed by atoms with Crippen LogP contribution in [0.5, 0.6) is 23.0 Å². The van der Waals surface area contributed by atoms with Crippen LogP contribution in [-0.4, -0.2) is 42.8 Å². The number of rotatable bonds is 6. The summed E-state index contributed by atoms with van der Waals surface area (Å²) in [5, 5.41) is 19.4. The molecule has 3 rings (SSSR count). The number of methoxy groups -OCH3 is 2. The van der Waals surface area contributed by atoms with Crippen molar-refractivity contribution in [2.24, 2.45) is 11.8 Å². The van der Waals surface area contributed by atoms with Gasteiger partial charge in [-0.25, -0.2) is 0 Å². The lowest BCUT2D eigenvalue weighted by molar-refractivity contribution is -0.140. The first-order chi connectivity index (χ1) is 12.9. The van der Waals surface area contributed by atoms with Gasteiger partial charge < -0.3 is 24.4 Å². The summed E-state index contributed by atoms with van der Waals surface area (Å²) in [6.07, 6.45) is 0.411. The van der Waals surface area contributed by atoms with Crippen molar-refractivity contribution in [2.45, 2.75) is 6.42 Å². The molecule has 1 fully saturated rings. The lowest BCUT2D eigenvalue weighted by Crippen LogP contribution is -2.27. The van der Waals surface area contributed by atoms with Crippen LogP contribution in [0.25, 0.3) is 0 Å². The van der Waals surface area contributed by atoms with Crippen LogP contribution in [0.2, 0.25) is 0 Å². The van der Waals surface area contributed by atoms with Gasteiger partial charge in [-0.1, -0.05) is 6.07 Å². The summed E-state index contributed by atoms with van der Waals surface area (Å²) in [7, 11) is 2.83. The van der Waals surface area contributed by atoms with Crippen LogP contribution in [0.15, 0.2) is 36.4 Å². The third-order valence-electron chi connectivity index (χ3n) is 4.65. The summed E-state index contributed by atoms with van der Waals surface area (Å²) < 4.78 is 15.3. The molecule has 0 saturated carbocycles. The molecule has 1 unspecified atom stereocenters. The molecule has 0 amide bonds. The van der Waals surface area contributed by atoms with Crippen molar-refractivity contribution in [3.05, 3.63) is 47.5 Å². The highest BCUT2D eigenvalue weighted by atomic mass is 16.5. The Labute approximate surface area is 156 Å². The van der Waals surface area contributed by atoms with E-state index in [1.165, 1.54) is 38.5 Å². The second kappa shape index (κ2) is 7.57. The van der Waals surface area contributed by atoms with Gasteiger partial charge in [-0.05, 0) is 42.3 Å². The van der Waals surface area contributed by atoms with Crippen LogP contribution < -0.4 is 9.47 Å². The van der Waals surface area contributed by atoms with Gasteiger partial charge in [0.2, 0.25) is 0 Å². The Hall–Kier alpha value is -3.22. The van der Waals surface area contributed by atoms with Crippen LogP contribution in [0.4, 0.5) is 0 Å². The summed E-state index contributed by atoms with van der Waals surface area (Å²) in [6, 6.07) is 9.10. The molecule has 2 N–H and O–H groups in total. The number of phenolic OH excluding ortho intramolecular Hbond substituents is 2. The molecule has 27 heavy (non-hydrogen) atoms. The zero-order chi connectivity index (χ0) is 19.6. The predicted molar refractivity (Wildman–Crippen MR) is 95.3 cm³/mol. The van der Waals surface area contributed by atoms with Gasteiger partial charge in [-0.3, -0.25) is 9.59 Å². The summed E-state index contributed by atoms with van der Waals surface area (Å²) in [6.45, 7) is 0.133. The number of Topliss-reactive ketones (excluding diaryl/α,β-unsaturated/α-hetero) is 1.